The molecule has 3 N–H and O–H groups in total. The van der Waals surface area contributed by atoms with Gasteiger partial charge >= 0.3 is 5.97 Å². The molecule has 0 saturated carbocycles. The summed E-state index contributed by atoms with van der Waals surface area (Å²) in [6, 6.07) is 12.1. The molecule has 0 saturated heterocycles. The third-order valence-electron chi connectivity index (χ3n) is 4.33. The number of carbonyl (C=O) groups excluding carboxylic acids is 2. The largest absolute Gasteiger partial charge is 0.478 e. The van der Waals surface area contributed by atoms with Gasteiger partial charge in [-0.05, 0) is 30.7 Å². The van der Waals surface area contributed by atoms with Crippen LogP contribution in [0.2, 0.25) is 0 Å². The van der Waals surface area contributed by atoms with E-state index in [9.17, 15) is 19.5 Å². The summed E-state index contributed by atoms with van der Waals surface area (Å²) >= 11 is 0. The second-order valence-corrected chi connectivity index (χ2v) is 6.15. The van der Waals surface area contributed by atoms with E-state index in [1.54, 1.807) is 47.0 Å². The number of aryl methyl sites for hydroxylation is 1. The summed E-state index contributed by atoms with van der Waals surface area (Å²) in [5.74, 6) is -1.60. The van der Waals surface area contributed by atoms with Crippen LogP contribution in [-0.2, 0) is 11.3 Å². The number of hydrogen-bond acceptors (Lipinski definition) is 3. The van der Waals surface area contributed by atoms with Crippen molar-refractivity contribution < 1.29 is 19.5 Å². The van der Waals surface area contributed by atoms with Gasteiger partial charge in [-0.1, -0.05) is 24.3 Å². The molecule has 1 aromatic heterocycles. The molecule has 0 aliphatic heterocycles. The van der Waals surface area contributed by atoms with Crippen LogP contribution in [0.1, 0.15) is 26.3 Å². The summed E-state index contributed by atoms with van der Waals surface area (Å²) in [7, 11) is 1.54. The van der Waals surface area contributed by atoms with Crippen molar-refractivity contribution in [3.8, 4) is 0 Å². The number of carboxylic acids is 1. The Balaban J connectivity index is 1.86. The molecule has 27 heavy (non-hydrogen) atoms. The van der Waals surface area contributed by atoms with E-state index >= 15 is 0 Å². The third kappa shape index (κ3) is 3.67. The zero-order valence-corrected chi connectivity index (χ0v) is 14.9. The molecule has 0 aliphatic carbocycles. The molecule has 2 amide bonds. The molecule has 0 spiro atoms. The molecular weight excluding hydrogens is 346 g/mol. The molecule has 7 heteroatoms. The highest BCUT2D eigenvalue weighted by molar-refractivity contribution is 6.04. The Hall–Kier alpha value is -3.61. The number of fused-ring (bicyclic) bond motifs is 1. The molecule has 0 radical (unpaired) electrons. The molecule has 0 aliphatic rings. The minimum Gasteiger partial charge on any atom is -0.478 e. The third-order valence-corrected chi connectivity index (χ3v) is 4.33. The van der Waals surface area contributed by atoms with Crippen molar-refractivity contribution in [1.82, 2.24) is 9.88 Å². The van der Waals surface area contributed by atoms with E-state index < -0.39 is 5.97 Å². The fourth-order valence-electron chi connectivity index (χ4n) is 2.93. The van der Waals surface area contributed by atoms with Gasteiger partial charge in [-0.25, -0.2) is 4.79 Å². The van der Waals surface area contributed by atoms with Gasteiger partial charge in [0, 0.05) is 35.4 Å². The van der Waals surface area contributed by atoms with Crippen LogP contribution < -0.4 is 10.6 Å². The number of benzene rings is 2. The maximum atomic E-state index is 12.5. The summed E-state index contributed by atoms with van der Waals surface area (Å²) in [5.41, 5.74) is 2.62. The normalized spacial score (nSPS) is 10.6. The van der Waals surface area contributed by atoms with Crippen molar-refractivity contribution >= 4 is 34.4 Å². The topological polar surface area (TPSA) is 100 Å². The van der Waals surface area contributed by atoms with Crippen molar-refractivity contribution in [2.45, 2.75) is 13.5 Å². The highest BCUT2D eigenvalue weighted by Gasteiger charge is 2.16. The number of aromatic carboxylic acids is 1. The number of hydrogen-bond donors (Lipinski definition) is 3. The van der Waals surface area contributed by atoms with Crippen molar-refractivity contribution in [1.29, 1.82) is 0 Å². The minimum atomic E-state index is -1.04. The number of carbonyl (C=O) groups is 3. The first-order valence-corrected chi connectivity index (χ1v) is 8.34. The highest BCUT2D eigenvalue weighted by atomic mass is 16.4. The number of nitrogens with zero attached hydrogens (tertiary/aromatic N) is 1. The number of carboxylic acid groups (broad SMARTS) is 1. The number of para-hydroxylation sites is 1. The van der Waals surface area contributed by atoms with Crippen LogP contribution >= 0.6 is 0 Å². The SMILES string of the molecule is CNC(=O)c1ccc(C)c(NC(=O)Cn2cc(C(=O)O)c3ccccc32)c1. The van der Waals surface area contributed by atoms with Crippen LogP contribution in [0.5, 0.6) is 0 Å². The Morgan fingerprint density at radius 3 is 2.56 bits per heavy atom. The lowest BCUT2D eigenvalue weighted by atomic mass is 10.1. The fraction of sp³-hybridized carbons (Fsp3) is 0.150. The lowest BCUT2D eigenvalue weighted by molar-refractivity contribution is -0.116. The van der Waals surface area contributed by atoms with Crippen molar-refractivity contribution in [3.63, 3.8) is 0 Å². The zero-order chi connectivity index (χ0) is 19.6. The van der Waals surface area contributed by atoms with Gasteiger partial charge in [-0.15, -0.1) is 0 Å². The Morgan fingerprint density at radius 1 is 1.11 bits per heavy atom. The first-order chi connectivity index (χ1) is 12.9. The number of anilines is 1. The van der Waals surface area contributed by atoms with Crippen LogP contribution in [0, 0.1) is 6.92 Å². The van der Waals surface area contributed by atoms with Crippen LogP contribution in [0.4, 0.5) is 5.69 Å². The summed E-state index contributed by atoms with van der Waals surface area (Å²) in [5, 5.41) is 15.3. The Morgan fingerprint density at radius 2 is 1.85 bits per heavy atom. The molecule has 0 bridgehead atoms. The van der Waals surface area contributed by atoms with E-state index in [0.717, 1.165) is 5.56 Å². The summed E-state index contributed by atoms with van der Waals surface area (Å²) in [6.07, 6.45) is 1.46. The van der Waals surface area contributed by atoms with Crippen molar-refractivity contribution in [2.75, 3.05) is 12.4 Å². The number of rotatable bonds is 5. The average Bonchev–Trinajstić information content (AvgIpc) is 3.02. The predicted octanol–water partition coefficient (Wildman–Crippen LogP) is 2.65. The molecule has 7 nitrogen and oxygen atoms in total. The van der Waals surface area contributed by atoms with Crippen LogP contribution in [-0.4, -0.2) is 34.5 Å². The molecule has 1 heterocycles. The molecule has 0 unspecified atom stereocenters. The molecular formula is C20H19N3O4. The Labute approximate surface area is 155 Å². The summed E-state index contributed by atoms with van der Waals surface area (Å²) in [4.78, 5) is 35.7. The quantitative estimate of drug-likeness (QED) is 0.647. The number of aromatic nitrogens is 1. The van der Waals surface area contributed by atoms with Crippen molar-refractivity contribution in [3.05, 3.63) is 65.4 Å². The molecule has 3 aromatic rings. The maximum Gasteiger partial charge on any atom is 0.337 e. The minimum absolute atomic E-state index is 0.0442. The smallest absolute Gasteiger partial charge is 0.337 e. The van der Waals surface area contributed by atoms with E-state index in [1.807, 2.05) is 6.92 Å². The van der Waals surface area contributed by atoms with Gasteiger partial charge in [0.05, 0.1) is 5.56 Å². The van der Waals surface area contributed by atoms with E-state index in [-0.39, 0.29) is 23.9 Å². The lowest BCUT2D eigenvalue weighted by Crippen LogP contribution is -2.21. The second-order valence-electron chi connectivity index (χ2n) is 6.15. The maximum absolute atomic E-state index is 12.5. The van der Waals surface area contributed by atoms with Gasteiger partial charge in [0.2, 0.25) is 5.91 Å². The molecule has 2 aromatic carbocycles. The Bertz CT molecular complexity index is 1050. The highest BCUT2D eigenvalue weighted by Crippen LogP contribution is 2.22. The van der Waals surface area contributed by atoms with Gasteiger partial charge in [0.25, 0.3) is 5.91 Å². The number of nitrogens with one attached hydrogen (secondary N) is 2. The van der Waals surface area contributed by atoms with Gasteiger partial charge in [-0.3, -0.25) is 9.59 Å². The van der Waals surface area contributed by atoms with Crippen LogP contribution in [0.3, 0.4) is 0 Å². The van der Waals surface area contributed by atoms with E-state index in [4.69, 9.17) is 0 Å². The van der Waals surface area contributed by atoms with Gasteiger partial charge in [-0.2, -0.15) is 0 Å². The van der Waals surface area contributed by atoms with E-state index in [2.05, 4.69) is 10.6 Å². The molecule has 3 rings (SSSR count). The second kappa shape index (κ2) is 7.33. The number of amides is 2. The van der Waals surface area contributed by atoms with Crippen molar-refractivity contribution in [2.24, 2.45) is 0 Å². The van der Waals surface area contributed by atoms with Gasteiger partial charge in [0.1, 0.15) is 6.54 Å². The average molecular weight is 365 g/mol. The summed E-state index contributed by atoms with van der Waals surface area (Å²) < 4.78 is 1.60. The van der Waals surface area contributed by atoms with Gasteiger partial charge < -0.3 is 20.3 Å². The standard InChI is InChI=1S/C20H19N3O4/c1-12-7-8-13(19(25)21-2)9-16(12)22-18(24)11-23-10-15(20(26)27)14-5-3-4-6-17(14)23/h3-10H,11H2,1-2H3,(H,21,25)(H,22,24)(H,26,27). The first-order valence-electron chi connectivity index (χ1n) is 8.34. The van der Waals surface area contributed by atoms with Crippen LogP contribution in [0.25, 0.3) is 10.9 Å². The fourth-order valence-corrected chi connectivity index (χ4v) is 2.93. The lowest BCUT2D eigenvalue weighted by Gasteiger charge is -2.11. The summed E-state index contributed by atoms with van der Waals surface area (Å²) in [6.45, 7) is 1.79. The van der Waals surface area contributed by atoms with Gasteiger partial charge in [0.15, 0.2) is 0 Å². The van der Waals surface area contributed by atoms with E-state index in [0.29, 0.717) is 22.2 Å². The first kappa shape index (κ1) is 18.2. The Kier molecular flexibility index (Phi) is 4.94. The molecule has 0 fully saturated rings. The molecule has 0 atom stereocenters. The predicted molar refractivity (Wildman–Crippen MR) is 102 cm³/mol. The van der Waals surface area contributed by atoms with E-state index in [1.165, 1.54) is 13.2 Å². The monoisotopic (exact) mass is 365 g/mol. The van der Waals surface area contributed by atoms with Crippen LogP contribution in [0.15, 0.2) is 48.7 Å². The zero-order valence-electron chi connectivity index (χ0n) is 14.9. The molecule has 138 valence electrons.